The summed E-state index contributed by atoms with van der Waals surface area (Å²) in [5.74, 6) is -0.289. The number of carbonyl (C=O) groups is 1. The second kappa shape index (κ2) is 5.69. The smallest absolute Gasteiger partial charge is 0.336 e. The zero-order valence-corrected chi connectivity index (χ0v) is 10.6. The summed E-state index contributed by atoms with van der Waals surface area (Å²) >= 11 is 0. The highest BCUT2D eigenvalue weighted by Crippen LogP contribution is 2.31. The van der Waals surface area contributed by atoms with E-state index in [-0.39, 0.29) is 5.97 Å². The Balaban J connectivity index is 2.35. The average Bonchev–Trinajstić information content (AvgIpc) is 2.39. The van der Waals surface area contributed by atoms with Gasteiger partial charge in [0.1, 0.15) is 0 Å². The summed E-state index contributed by atoms with van der Waals surface area (Å²) in [4.78, 5) is 17.5. The lowest BCUT2D eigenvalue weighted by molar-refractivity contribution is -0.180. The van der Waals surface area contributed by atoms with Crippen LogP contribution in [0, 0.1) is 0 Å². The molecule has 1 aromatic carbocycles. The molecule has 0 bridgehead atoms. The summed E-state index contributed by atoms with van der Waals surface area (Å²) in [7, 11) is 0. The van der Waals surface area contributed by atoms with Gasteiger partial charge in [0.25, 0.3) is 0 Å². The summed E-state index contributed by atoms with van der Waals surface area (Å²) in [5.41, 5.74) is 1.93. The molecule has 0 amide bonds. The molecular formula is C14H17NO3. The first kappa shape index (κ1) is 12.6. The lowest BCUT2D eigenvalue weighted by atomic mass is 9.97. The van der Waals surface area contributed by atoms with Crippen LogP contribution in [0.3, 0.4) is 0 Å². The van der Waals surface area contributed by atoms with E-state index in [0.717, 1.165) is 11.1 Å². The quantitative estimate of drug-likeness (QED) is 0.766. The van der Waals surface area contributed by atoms with Gasteiger partial charge >= 0.3 is 5.97 Å². The summed E-state index contributed by atoms with van der Waals surface area (Å²) in [5, 5.41) is 1.56. The predicted molar refractivity (Wildman–Crippen MR) is 68.3 cm³/mol. The van der Waals surface area contributed by atoms with Gasteiger partial charge in [0, 0.05) is 6.20 Å². The molecule has 1 atom stereocenters. The molecule has 1 unspecified atom stereocenters. The first-order chi connectivity index (χ1) is 8.77. The topological polar surface area (TPSA) is 38.8 Å². The van der Waals surface area contributed by atoms with Gasteiger partial charge in [0.15, 0.2) is 6.04 Å². The van der Waals surface area contributed by atoms with Crippen molar-refractivity contribution >= 4 is 12.0 Å². The molecule has 1 aliphatic heterocycles. The molecule has 18 heavy (non-hydrogen) atoms. The van der Waals surface area contributed by atoms with Crippen LogP contribution in [0.4, 0.5) is 0 Å². The van der Waals surface area contributed by atoms with Crippen molar-refractivity contribution in [3.05, 3.63) is 41.6 Å². The van der Waals surface area contributed by atoms with E-state index in [0.29, 0.717) is 13.2 Å². The molecule has 0 saturated carbocycles. The van der Waals surface area contributed by atoms with E-state index in [9.17, 15) is 4.79 Å². The van der Waals surface area contributed by atoms with E-state index >= 15 is 0 Å². The summed E-state index contributed by atoms with van der Waals surface area (Å²) in [6, 6.07) is 7.23. The Kier molecular flexibility index (Phi) is 3.99. The van der Waals surface area contributed by atoms with Crippen molar-refractivity contribution in [2.45, 2.75) is 19.9 Å². The van der Waals surface area contributed by atoms with Gasteiger partial charge < -0.3 is 4.74 Å². The molecule has 0 spiro atoms. The maximum atomic E-state index is 12.1. The van der Waals surface area contributed by atoms with Gasteiger partial charge in [0.2, 0.25) is 0 Å². The second-order valence-electron chi connectivity index (χ2n) is 3.88. The van der Waals surface area contributed by atoms with Gasteiger partial charge in [-0.2, -0.15) is 0 Å². The Labute approximate surface area is 107 Å². The number of fused-ring (bicyclic) bond motifs is 1. The van der Waals surface area contributed by atoms with E-state index in [1.807, 2.05) is 37.3 Å². The maximum Gasteiger partial charge on any atom is 0.336 e. The molecule has 0 saturated heterocycles. The largest absolute Gasteiger partial charge is 0.464 e. The molecule has 0 aliphatic carbocycles. The molecule has 96 valence electrons. The fraction of sp³-hybridized carbons (Fsp3) is 0.357. The fourth-order valence-electron chi connectivity index (χ4n) is 2.01. The number of hydrogen-bond acceptors (Lipinski definition) is 4. The Morgan fingerprint density at radius 3 is 2.78 bits per heavy atom. The van der Waals surface area contributed by atoms with Crippen molar-refractivity contribution in [3.8, 4) is 0 Å². The minimum absolute atomic E-state index is 0.289. The molecule has 0 radical (unpaired) electrons. The highest BCUT2D eigenvalue weighted by Gasteiger charge is 2.31. The minimum Gasteiger partial charge on any atom is -0.464 e. The second-order valence-corrected chi connectivity index (χ2v) is 3.88. The number of esters is 1. The van der Waals surface area contributed by atoms with Crippen molar-refractivity contribution < 1.29 is 14.4 Å². The first-order valence-electron chi connectivity index (χ1n) is 6.13. The van der Waals surface area contributed by atoms with Crippen LogP contribution in [-0.2, 0) is 14.4 Å². The number of hydroxylamine groups is 2. The lowest BCUT2D eigenvalue weighted by Gasteiger charge is -2.31. The number of benzene rings is 1. The van der Waals surface area contributed by atoms with E-state index in [2.05, 4.69) is 0 Å². The van der Waals surface area contributed by atoms with Gasteiger partial charge in [-0.05, 0) is 31.1 Å². The standard InChI is InChI=1S/C14H17NO3/c1-3-17-14(16)13-12-8-6-5-7-11(12)9-10-15(13)18-4-2/h5-10,13H,3-4H2,1-2H3. The minimum atomic E-state index is -0.522. The lowest BCUT2D eigenvalue weighted by Crippen LogP contribution is -2.34. The maximum absolute atomic E-state index is 12.1. The average molecular weight is 247 g/mol. The zero-order chi connectivity index (χ0) is 13.0. The first-order valence-corrected chi connectivity index (χ1v) is 6.13. The molecule has 4 nitrogen and oxygen atoms in total. The van der Waals surface area contributed by atoms with Crippen LogP contribution < -0.4 is 0 Å². The molecule has 0 N–H and O–H groups in total. The number of rotatable bonds is 4. The number of hydrogen-bond donors (Lipinski definition) is 0. The summed E-state index contributed by atoms with van der Waals surface area (Å²) in [6.45, 7) is 4.55. The third-order valence-corrected chi connectivity index (χ3v) is 2.73. The molecule has 1 aromatic rings. The number of carbonyl (C=O) groups excluding carboxylic acids is 1. The fourth-order valence-corrected chi connectivity index (χ4v) is 2.01. The Morgan fingerprint density at radius 2 is 2.06 bits per heavy atom. The predicted octanol–water partition coefficient (Wildman–Crippen LogP) is 2.53. The molecular weight excluding hydrogens is 230 g/mol. The highest BCUT2D eigenvalue weighted by molar-refractivity contribution is 5.80. The van der Waals surface area contributed by atoms with Gasteiger partial charge in [-0.25, -0.2) is 9.86 Å². The Hall–Kier alpha value is -1.81. The SMILES string of the molecule is CCOC(=O)C1c2ccccc2C=CN1OCC. The Morgan fingerprint density at radius 1 is 1.28 bits per heavy atom. The van der Waals surface area contributed by atoms with E-state index in [1.165, 1.54) is 0 Å². The van der Waals surface area contributed by atoms with Gasteiger partial charge in [-0.3, -0.25) is 4.84 Å². The molecule has 4 heteroatoms. The third-order valence-electron chi connectivity index (χ3n) is 2.73. The monoisotopic (exact) mass is 247 g/mol. The zero-order valence-electron chi connectivity index (χ0n) is 10.6. The Bertz CT molecular complexity index is 456. The van der Waals surface area contributed by atoms with Crippen LogP contribution >= 0.6 is 0 Å². The van der Waals surface area contributed by atoms with Crippen molar-refractivity contribution in [1.82, 2.24) is 5.06 Å². The van der Waals surface area contributed by atoms with Crippen molar-refractivity contribution in [3.63, 3.8) is 0 Å². The van der Waals surface area contributed by atoms with Crippen LogP contribution in [0.15, 0.2) is 30.5 Å². The molecule has 2 rings (SSSR count). The summed E-state index contributed by atoms with van der Waals surface area (Å²) < 4.78 is 5.12. The number of ether oxygens (including phenoxy) is 1. The molecule has 1 heterocycles. The highest BCUT2D eigenvalue weighted by atomic mass is 16.7. The van der Waals surface area contributed by atoms with E-state index < -0.39 is 6.04 Å². The van der Waals surface area contributed by atoms with E-state index in [1.54, 1.807) is 18.2 Å². The van der Waals surface area contributed by atoms with Crippen molar-refractivity contribution in [2.24, 2.45) is 0 Å². The van der Waals surface area contributed by atoms with E-state index in [4.69, 9.17) is 9.57 Å². The van der Waals surface area contributed by atoms with Gasteiger partial charge in [-0.1, -0.05) is 24.3 Å². The molecule has 0 aromatic heterocycles. The van der Waals surface area contributed by atoms with Crippen LogP contribution in [-0.4, -0.2) is 24.2 Å². The van der Waals surface area contributed by atoms with Crippen LogP contribution in [0.1, 0.15) is 31.0 Å². The van der Waals surface area contributed by atoms with Crippen LogP contribution in [0.2, 0.25) is 0 Å². The van der Waals surface area contributed by atoms with Gasteiger partial charge in [-0.15, -0.1) is 0 Å². The van der Waals surface area contributed by atoms with Crippen LogP contribution in [0.5, 0.6) is 0 Å². The van der Waals surface area contributed by atoms with Crippen molar-refractivity contribution in [2.75, 3.05) is 13.2 Å². The number of nitrogens with zero attached hydrogens (tertiary/aromatic N) is 1. The van der Waals surface area contributed by atoms with Crippen molar-refractivity contribution in [1.29, 1.82) is 0 Å². The van der Waals surface area contributed by atoms with Gasteiger partial charge in [0.05, 0.1) is 13.2 Å². The van der Waals surface area contributed by atoms with Crippen LogP contribution in [0.25, 0.3) is 6.08 Å². The molecule has 1 aliphatic rings. The molecule has 0 fully saturated rings. The normalized spacial score (nSPS) is 17.4. The summed E-state index contributed by atoms with van der Waals surface area (Å²) in [6.07, 6.45) is 3.70. The third kappa shape index (κ3) is 2.38.